The van der Waals surface area contributed by atoms with E-state index in [1.54, 1.807) is 21.0 Å². The molecule has 1 amide bonds. The molecule has 160 valence electrons. The predicted molar refractivity (Wildman–Crippen MR) is 118 cm³/mol. The van der Waals surface area contributed by atoms with E-state index in [1.165, 1.54) is 47.0 Å². The van der Waals surface area contributed by atoms with E-state index >= 15 is 0 Å². The highest BCUT2D eigenvalue weighted by atomic mass is 32.2. The summed E-state index contributed by atoms with van der Waals surface area (Å²) in [4.78, 5) is 17.8. The van der Waals surface area contributed by atoms with Gasteiger partial charge in [0.2, 0.25) is 10.0 Å². The van der Waals surface area contributed by atoms with Gasteiger partial charge in [0.05, 0.1) is 21.7 Å². The van der Waals surface area contributed by atoms with Crippen molar-refractivity contribution < 1.29 is 17.9 Å². The second kappa shape index (κ2) is 9.22. The van der Waals surface area contributed by atoms with Crippen LogP contribution in [0.25, 0.3) is 10.2 Å². The zero-order valence-corrected chi connectivity index (χ0v) is 19.0. The molecule has 1 heterocycles. The van der Waals surface area contributed by atoms with Crippen LogP contribution >= 0.6 is 11.3 Å². The van der Waals surface area contributed by atoms with Crippen molar-refractivity contribution in [3.8, 4) is 0 Å². The lowest BCUT2D eigenvalue weighted by molar-refractivity contribution is 0.0997. The summed E-state index contributed by atoms with van der Waals surface area (Å²) in [7, 11) is -0.434. The minimum Gasteiger partial charge on any atom is -0.383 e. The number of nitrogens with zero attached hydrogens (tertiary/aromatic N) is 3. The molecule has 1 aromatic heterocycles. The maximum absolute atomic E-state index is 12.8. The van der Waals surface area contributed by atoms with Crippen molar-refractivity contribution in [1.82, 2.24) is 8.87 Å². The molecule has 2 aromatic carbocycles. The van der Waals surface area contributed by atoms with E-state index in [9.17, 15) is 13.2 Å². The van der Waals surface area contributed by atoms with Crippen molar-refractivity contribution in [2.24, 2.45) is 4.99 Å². The molecule has 0 unspecified atom stereocenters. The van der Waals surface area contributed by atoms with Gasteiger partial charge in [-0.05, 0) is 50.2 Å². The smallest absolute Gasteiger partial charge is 0.279 e. The molecule has 7 nitrogen and oxygen atoms in total. The van der Waals surface area contributed by atoms with E-state index < -0.39 is 15.9 Å². The first kappa shape index (κ1) is 22.4. The molecule has 0 fully saturated rings. The summed E-state index contributed by atoms with van der Waals surface area (Å²) in [6, 6.07) is 13.6. The highest BCUT2D eigenvalue weighted by Gasteiger charge is 2.23. The van der Waals surface area contributed by atoms with Crippen LogP contribution in [0.5, 0.6) is 0 Å². The van der Waals surface area contributed by atoms with Gasteiger partial charge in [-0.25, -0.2) is 8.42 Å². The van der Waals surface area contributed by atoms with Crippen molar-refractivity contribution in [2.45, 2.75) is 31.3 Å². The van der Waals surface area contributed by atoms with Crippen molar-refractivity contribution in [1.29, 1.82) is 0 Å². The highest BCUT2D eigenvalue weighted by Crippen LogP contribution is 2.19. The van der Waals surface area contributed by atoms with Gasteiger partial charge in [-0.1, -0.05) is 23.5 Å². The van der Waals surface area contributed by atoms with E-state index in [1.807, 2.05) is 28.8 Å². The van der Waals surface area contributed by atoms with Gasteiger partial charge in [0, 0.05) is 32.3 Å². The number of rotatable bonds is 7. The summed E-state index contributed by atoms with van der Waals surface area (Å²) in [5.41, 5.74) is 1.32. The maximum atomic E-state index is 12.8. The molecule has 3 rings (SSSR count). The van der Waals surface area contributed by atoms with Gasteiger partial charge in [0.15, 0.2) is 4.80 Å². The lowest BCUT2D eigenvalue weighted by Crippen LogP contribution is -2.33. The molecule has 0 N–H and O–H groups in total. The van der Waals surface area contributed by atoms with Gasteiger partial charge < -0.3 is 9.30 Å². The van der Waals surface area contributed by atoms with E-state index in [0.717, 1.165) is 10.2 Å². The Hall–Kier alpha value is -2.33. The van der Waals surface area contributed by atoms with Gasteiger partial charge in [-0.2, -0.15) is 9.30 Å². The number of sulfonamides is 1. The van der Waals surface area contributed by atoms with Crippen LogP contribution in [0.3, 0.4) is 0 Å². The Labute approximate surface area is 180 Å². The van der Waals surface area contributed by atoms with Crippen LogP contribution in [-0.2, 0) is 21.3 Å². The SMILES string of the molecule is COCCn1c(=NC(=O)c2ccc(S(=O)(=O)N(C)C(C)C)cc2)sc2ccccc21. The number of fused-ring (bicyclic) bond motifs is 1. The molecule has 0 aliphatic heterocycles. The molecular formula is C21H25N3O4S2. The number of hydrogen-bond donors (Lipinski definition) is 0. The number of benzene rings is 2. The minimum atomic E-state index is -3.60. The summed E-state index contributed by atoms with van der Waals surface area (Å²) in [5.74, 6) is -0.422. The normalized spacial score (nSPS) is 12.9. The van der Waals surface area contributed by atoms with E-state index in [4.69, 9.17) is 4.74 Å². The van der Waals surface area contributed by atoms with Crippen LogP contribution < -0.4 is 4.80 Å². The average Bonchev–Trinajstić information content (AvgIpc) is 3.08. The zero-order chi connectivity index (χ0) is 21.9. The molecule has 0 spiro atoms. The number of ether oxygens (including phenoxy) is 1. The minimum absolute atomic E-state index is 0.146. The molecule has 0 aliphatic rings. The zero-order valence-electron chi connectivity index (χ0n) is 17.4. The first-order chi connectivity index (χ1) is 14.3. The van der Waals surface area contributed by atoms with Crippen LogP contribution in [0.2, 0.25) is 0 Å². The summed E-state index contributed by atoms with van der Waals surface area (Å²) < 4.78 is 34.7. The van der Waals surface area contributed by atoms with E-state index in [2.05, 4.69) is 4.99 Å². The molecule has 0 radical (unpaired) electrons. The predicted octanol–water partition coefficient (Wildman–Crippen LogP) is 3.12. The summed E-state index contributed by atoms with van der Waals surface area (Å²) in [6.07, 6.45) is 0. The van der Waals surface area contributed by atoms with Gasteiger partial charge in [-0.3, -0.25) is 4.79 Å². The molecule has 0 saturated heterocycles. The average molecular weight is 448 g/mol. The number of amides is 1. The van der Waals surface area contributed by atoms with Crippen LogP contribution in [0, 0.1) is 0 Å². The molecule has 3 aromatic rings. The number of para-hydroxylation sites is 1. The first-order valence-corrected chi connectivity index (χ1v) is 11.8. The van der Waals surface area contributed by atoms with Gasteiger partial charge >= 0.3 is 0 Å². The monoisotopic (exact) mass is 447 g/mol. The molecule has 30 heavy (non-hydrogen) atoms. The molecular weight excluding hydrogens is 422 g/mol. The van der Waals surface area contributed by atoms with Crippen molar-refractivity contribution in [2.75, 3.05) is 20.8 Å². The van der Waals surface area contributed by atoms with Crippen molar-refractivity contribution in [3.05, 3.63) is 58.9 Å². The second-order valence-corrected chi connectivity index (χ2v) is 10.1. The topological polar surface area (TPSA) is 81.0 Å². The number of thiazole rings is 1. The standard InChI is InChI=1S/C21H25N3O4S2/c1-15(2)23(3)30(26,27)17-11-9-16(10-12-17)20(25)22-21-24(13-14-28-4)18-7-5-6-8-19(18)29-21/h5-12,15H,13-14H2,1-4H3. The number of hydrogen-bond acceptors (Lipinski definition) is 5. The quantitative estimate of drug-likeness (QED) is 0.557. The number of aromatic nitrogens is 1. The van der Waals surface area contributed by atoms with E-state index in [0.29, 0.717) is 23.5 Å². The van der Waals surface area contributed by atoms with Crippen LogP contribution in [-0.4, -0.2) is 50.0 Å². The summed E-state index contributed by atoms with van der Waals surface area (Å²) in [5, 5.41) is 0. The fraction of sp³-hybridized carbons (Fsp3) is 0.333. The third-order valence-corrected chi connectivity index (χ3v) is 7.92. The Bertz CT molecular complexity index is 1210. The molecule has 0 atom stereocenters. The Morgan fingerprint density at radius 3 is 2.47 bits per heavy atom. The molecule has 0 aliphatic carbocycles. The van der Waals surface area contributed by atoms with E-state index in [-0.39, 0.29) is 10.9 Å². The summed E-state index contributed by atoms with van der Waals surface area (Å²) in [6.45, 7) is 4.68. The second-order valence-electron chi connectivity index (χ2n) is 7.05. The van der Waals surface area contributed by atoms with Crippen molar-refractivity contribution in [3.63, 3.8) is 0 Å². The van der Waals surface area contributed by atoms with Gasteiger partial charge in [0.1, 0.15) is 0 Å². The van der Waals surface area contributed by atoms with Crippen LogP contribution in [0.15, 0.2) is 58.4 Å². The Kier molecular flexibility index (Phi) is 6.87. The number of carbonyl (C=O) groups excluding carboxylic acids is 1. The summed E-state index contributed by atoms with van der Waals surface area (Å²) >= 11 is 1.43. The Morgan fingerprint density at radius 1 is 1.17 bits per heavy atom. The molecule has 0 bridgehead atoms. The Morgan fingerprint density at radius 2 is 1.83 bits per heavy atom. The fourth-order valence-electron chi connectivity index (χ4n) is 2.87. The number of carbonyl (C=O) groups is 1. The third kappa shape index (κ3) is 4.54. The van der Waals surface area contributed by atoms with Gasteiger partial charge in [-0.15, -0.1) is 0 Å². The lowest BCUT2D eigenvalue weighted by atomic mass is 10.2. The molecule has 9 heteroatoms. The van der Waals surface area contributed by atoms with Crippen LogP contribution in [0.4, 0.5) is 0 Å². The largest absolute Gasteiger partial charge is 0.383 e. The van der Waals surface area contributed by atoms with Gasteiger partial charge in [0.25, 0.3) is 5.91 Å². The van der Waals surface area contributed by atoms with Crippen molar-refractivity contribution >= 4 is 37.5 Å². The number of methoxy groups -OCH3 is 1. The molecule has 0 saturated carbocycles. The van der Waals surface area contributed by atoms with Crippen LogP contribution in [0.1, 0.15) is 24.2 Å². The first-order valence-electron chi connectivity index (χ1n) is 9.50. The fourth-order valence-corrected chi connectivity index (χ4v) is 5.29. The highest BCUT2D eigenvalue weighted by molar-refractivity contribution is 7.89. The lowest BCUT2D eigenvalue weighted by Gasteiger charge is -2.20. The third-order valence-electron chi connectivity index (χ3n) is 4.81. The maximum Gasteiger partial charge on any atom is 0.279 e. The Balaban J connectivity index is 1.95.